The van der Waals surface area contributed by atoms with Crippen LogP contribution >= 0.6 is 0 Å². The van der Waals surface area contributed by atoms with Crippen molar-refractivity contribution in [1.82, 2.24) is 24.8 Å². The summed E-state index contributed by atoms with van der Waals surface area (Å²) in [6.07, 6.45) is 3.85. The number of fused-ring (bicyclic) bond motifs is 1. The second-order valence-electron chi connectivity index (χ2n) is 12.6. The van der Waals surface area contributed by atoms with Crippen LogP contribution in [0.4, 0.5) is 23.2 Å². The molecule has 2 aromatic heterocycles. The van der Waals surface area contributed by atoms with Gasteiger partial charge in [-0.3, -0.25) is 19.2 Å². The summed E-state index contributed by atoms with van der Waals surface area (Å²) < 4.78 is 61.9. The van der Waals surface area contributed by atoms with Crippen molar-refractivity contribution in [3.8, 4) is 5.75 Å². The van der Waals surface area contributed by atoms with Crippen molar-refractivity contribution in [1.29, 1.82) is 0 Å². The maximum Gasteiger partial charge on any atom is 0.274 e. The highest BCUT2D eigenvalue weighted by Crippen LogP contribution is 2.36. The number of carbonyl (C=O) groups excluding carboxylic acids is 3. The lowest BCUT2D eigenvalue weighted by atomic mass is 9.86. The van der Waals surface area contributed by atoms with E-state index >= 15 is 0 Å². The van der Waals surface area contributed by atoms with Crippen LogP contribution in [-0.2, 0) is 27.5 Å². The molecule has 2 aromatic carbocycles. The minimum absolute atomic E-state index is 0.0178. The van der Waals surface area contributed by atoms with E-state index in [-0.39, 0.29) is 56.0 Å². The standard InChI is InChI=1S/C36H38F4N6O5/c1-45(2)31(47)11-4-3-7-27(42-33(48)22-14-16-36(39,40)17-15-22)34(49)43-28-9-6-18-46(35(28)50)20-30-41-26-8-5-10-29(32(26)44-30)51-21-23-12-13-24(37)19-25(23)38/h4-6,8-13,18-19,22,27H,3,7,14-17,20-21H2,1-2H3,(H,41,44)(H,42,48)(H,43,49)/b11-4+. The highest BCUT2D eigenvalue weighted by atomic mass is 19.3. The molecule has 1 aliphatic carbocycles. The van der Waals surface area contributed by atoms with Gasteiger partial charge in [-0.15, -0.1) is 0 Å². The molecule has 4 aromatic rings. The van der Waals surface area contributed by atoms with Crippen molar-refractivity contribution in [2.24, 2.45) is 5.92 Å². The van der Waals surface area contributed by atoms with E-state index in [1.165, 1.54) is 33.9 Å². The molecule has 1 atom stereocenters. The van der Waals surface area contributed by atoms with Crippen molar-refractivity contribution in [2.45, 2.75) is 63.6 Å². The minimum Gasteiger partial charge on any atom is -0.487 e. The van der Waals surface area contributed by atoms with Gasteiger partial charge in [0.05, 0.1) is 12.1 Å². The number of rotatable bonds is 13. The normalized spacial score (nSPS) is 15.1. The molecule has 1 unspecified atom stereocenters. The van der Waals surface area contributed by atoms with Gasteiger partial charge < -0.3 is 29.8 Å². The predicted molar refractivity (Wildman–Crippen MR) is 181 cm³/mol. The number of nitrogens with zero attached hydrogens (tertiary/aromatic N) is 3. The minimum atomic E-state index is -2.82. The fourth-order valence-electron chi connectivity index (χ4n) is 5.64. The van der Waals surface area contributed by atoms with Crippen LogP contribution in [-0.4, -0.2) is 63.2 Å². The van der Waals surface area contributed by atoms with Gasteiger partial charge in [-0.2, -0.15) is 0 Å². The van der Waals surface area contributed by atoms with Crippen LogP contribution in [0, 0.1) is 17.6 Å². The summed E-state index contributed by atoms with van der Waals surface area (Å²) in [6.45, 7) is -0.191. The van der Waals surface area contributed by atoms with Crippen molar-refractivity contribution < 1.29 is 36.7 Å². The van der Waals surface area contributed by atoms with E-state index in [2.05, 4.69) is 20.6 Å². The number of ether oxygens (including phenoxy) is 1. The molecule has 15 heteroatoms. The Morgan fingerprint density at radius 2 is 1.88 bits per heavy atom. The van der Waals surface area contributed by atoms with Crippen LogP contribution in [0.3, 0.4) is 0 Å². The quantitative estimate of drug-likeness (QED) is 0.127. The molecule has 0 bridgehead atoms. The van der Waals surface area contributed by atoms with Crippen LogP contribution < -0.4 is 20.9 Å². The van der Waals surface area contributed by atoms with E-state index in [1.807, 2.05) is 0 Å². The van der Waals surface area contributed by atoms with Crippen LogP contribution in [0.15, 0.2) is 71.7 Å². The predicted octanol–water partition coefficient (Wildman–Crippen LogP) is 5.30. The summed E-state index contributed by atoms with van der Waals surface area (Å²) in [4.78, 5) is 60.9. The second kappa shape index (κ2) is 16.0. The largest absolute Gasteiger partial charge is 0.487 e. The van der Waals surface area contributed by atoms with Gasteiger partial charge in [-0.1, -0.05) is 12.1 Å². The maximum absolute atomic E-state index is 14.1. The van der Waals surface area contributed by atoms with Crippen molar-refractivity contribution in [3.63, 3.8) is 0 Å². The summed E-state index contributed by atoms with van der Waals surface area (Å²) in [5.41, 5.74) is 0.537. The molecule has 11 nitrogen and oxygen atoms in total. The van der Waals surface area contributed by atoms with Crippen LogP contribution in [0.2, 0.25) is 0 Å². The molecule has 0 aliphatic heterocycles. The first kappa shape index (κ1) is 36.8. The number of para-hydroxylation sites is 1. The molecule has 1 fully saturated rings. The van der Waals surface area contributed by atoms with Crippen LogP contribution in [0.5, 0.6) is 5.75 Å². The monoisotopic (exact) mass is 710 g/mol. The van der Waals surface area contributed by atoms with Gasteiger partial charge in [-0.05, 0) is 68.2 Å². The van der Waals surface area contributed by atoms with Gasteiger partial charge in [0.25, 0.3) is 5.56 Å². The Labute approximate surface area is 290 Å². The van der Waals surface area contributed by atoms with Crippen LogP contribution in [0.25, 0.3) is 11.0 Å². The summed E-state index contributed by atoms with van der Waals surface area (Å²) >= 11 is 0. The highest BCUT2D eigenvalue weighted by molar-refractivity contribution is 5.97. The molecule has 0 spiro atoms. The van der Waals surface area contributed by atoms with E-state index in [0.717, 1.165) is 12.1 Å². The Balaban J connectivity index is 1.28. The van der Waals surface area contributed by atoms with E-state index < -0.39 is 59.7 Å². The Kier molecular flexibility index (Phi) is 11.6. The molecule has 2 heterocycles. The number of hydrogen-bond acceptors (Lipinski definition) is 6. The summed E-state index contributed by atoms with van der Waals surface area (Å²) in [6, 6.07) is 10.1. The maximum atomic E-state index is 14.1. The Morgan fingerprint density at radius 1 is 1.12 bits per heavy atom. The zero-order chi connectivity index (χ0) is 36.7. The number of likely N-dealkylation sites (N-methyl/N-ethyl adjacent to an activating group) is 1. The summed E-state index contributed by atoms with van der Waals surface area (Å²) in [5, 5.41) is 5.26. The average Bonchev–Trinajstić information content (AvgIpc) is 3.50. The van der Waals surface area contributed by atoms with E-state index in [4.69, 9.17) is 4.74 Å². The summed E-state index contributed by atoms with van der Waals surface area (Å²) in [7, 11) is 3.18. The fraction of sp³-hybridized carbons (Fsp3) is 0.361. The number of nitrogens with one attached hydrogen (secondary N) is 3. The second-order valence-corrected chi connectivity index (χ2v) is 12.6. The number of imidazole rings is 1. The summed E-state index contributed by atoms with van der Waals surface area (Å²) in [5.74, 6) is -5.68. The number of hydrogen-bond donors (Lipinski definition) is 3. The molecule has 1 aliphatic rings. The SMILES string of the molecule is CN(C)C(=O)/C=C/CCC(NC(=O)C1CCC(F)(F)CC1)C(=O)Nc1cccn(Cc2nc3cccc(OCc4ccc(F)cc4F)c3[nH]2)c1=O. The molecular weight excluding hydrogens is 672 g/mol. The average molecular weight is 711 g/mol. The molecule has 5 rings (SSSR count). The molecule has 51 heavy (non-hydrogen) atoms. The Bertz CT molecular complexity index is 1980. The number of benzene rings is 2. The van der Waals surface area contributed by atoms with Crippen LogP contribution in [0.1, 0.15) is 49.9 Å². The van der Waals surface area contributed by atoms with E-state index in [0.29, 0.717) is 22.6 Å². The lowest BCUT2D eigenvalue weighted by Crippen LogP contribution is -2.47. The third-order valence-corrected chi connectivity index (χ3v) is 8.57. The zero-order valence-electron chi connectivity index (χ0n) is 28.1. The first-order valence-corrected chi connectivity index (χ1v) is 16.4. The topological polar surface area (TPSA) is 138 Å². The van der Waals surface area contributed by atoms with Gasteiger partial charge in [0, 0.05) is 50.7 Å². The van der Waals surface area contributed by atoms with Gasteiger partial charge in [-0.25, -0.2) is 22.5 Å². The number of alkyl halides is 2. The third-order valence-electron chi connectivity index (χ3n) is 8.57. The number of anilines is 1. The lowest BCUT2D eigenvalue weighted by Gasteiger charge is -2.28. The molecule has 0 radical (unpaired) electrons. The fourth-order valence-corrected chi connectivity index (χ4v) is 5.64. The molecule has 0 saturated heterocycles. The van der Waals surface area contributed by atoms with Gasteiger partial charge in [0.1, 0.15) is 47.1 Å². The number of aromatic amines is 1. The smallest absolute Gasteiger partial charge is 0.274 e. The Hall–Kier alpha value is -5.47. The van der Waals surface area contributed by atoms with Gasteiger partial charge >= 0.3 is 0 Å². The van der Waals surface area contributed by atoms with Crippen molar-refractivity contribution >= 4 is 34.4 Å². The highest BCUT2D eigenvalue weighted by Gasteiger charge is 2.38. The Morgan fingerprint density at radius 3 is 2.61 bits per heavy atom. The molecule has 3 N–H and O–H groups in total. The number of carbonyl (C=O) groups is 3. The molecular formula is C36H38F4N6O5. The molecule has 1 saturated carbocycles. The third kappa shape index (κ3) is 9.61. The van der Waals surface area contributed by atoms with Gasteiger partial charge in [0.2, 0.25) is 23.6 Å². The zero-order valence-corrected chi connectivity index (χ0v) is 28.1. The van der Waals surface area contributed by atoms with Gasteiger partial charge in [0.15, 0.2) is 0 Å². The molecule has 3 amide bonds. The lowest BCUT2D eigenvalue weighted by molar-refractivity contribution is -0.132. The number of amides is 3. The number of halogens is 4. The number of aromatic nitrogens is 3. The first-order valence-electron chi connectivity index (χ1n) is 16.4. The number of allylic oxidation sites excluding steroid dienone is 1. The number of pyridine rings is 1. The van der Waals surface area contributed by atoms with Crippen molar-refractivity contribution in [3.05, 3.63) is 100 Å². The van der Waals surface area contributed by atoms with E-state index in [9.17, 15) is 36.7 Å². The number of H-pyrrole nitrogens is 1. The first-order chi connectivity index (χ1) is 24.3. The molecule has 270 valence electrons. The van der Waals surface area contributed by atoms with Crippen molar-refractivity contribution in [2.75, 3.05) is 19.4 Å². The van der Waals surface area contributed by atoms with E-state index in [1.54, 1.807) is 44.4 Å².